The zero-order valence-electron chi connectivity index (χ0n) is 10.7. The number of pyridine rings is 1. The number of rotatable bonds is 5. The number of hydrogen-bond acceptors (Lipinski definition) is 7. The van der Waals surface area contributed by atoms with Gasteiger partial charge in [-0.25, -0.2) is 15.3 Å². The minimum absolute atomic E-state index is 0.164. The van der Waals surface area contributed by atoms with Gasteiger partial charge in [-0.3, -0.25) is 19.6 Å². The van der Waals surface area contributed by atoms with Crippen molar-refractivity contribution in [1.82, 2.24) is 25.6 Å². The van der Waals surface area contributed by atoms with Crippen LogP contribution >= 0.6 is 0 Å². The van der Waals surface area contributed by atoms with E-state index in [-0.39, 0.29) is 12.4 Å². The predicted molar refractivity (Wildman–Crippen MR) is 73.9 cm³/mol. The number of H-pyrrole nitrogens is 2. The summed E-state index contributed by atoms with van der Waals surface area (Å²) < 4.78 is 0. The number of carbonyl (C=O) groups excluding carboxylic acids is 1. The number of hydrazone groups is 1. The van der Waals surface area contributed by atoms with Crippen molar-refractivity contribution in [2.24, 2.45) is 5.10 Å². The topological polar surface area (TPSA) is 145 Å². The lowest BCUT2D eigenvalue weighted by Crippen LogP contribution is -2.31. The zero-order chi connectivity index (χ0) is 15.1. The van der Waals surface area contributed by atoms with E-state index in [9.17, 15) is 14.4 Å². The average molecular weight is 289 g/mol. The summed E-state index contributed by atoms with van der Waals surface area (Å²) >= 11 is 0. The molecular weight excluding hydrogens is 278 g/mol. The molecule has 0 spiro atoms. The Morgan fingerprint density at radius 3 is 2.81 bits per heavy atom. The van der Waals surface area contributed by atoms with Gasteiger partial charge in [-0.05, 0) is 17.7 Å². The van der Waals surface area contributed by atoms with Crippen molar-refractivity contribution in [2.45, 2.75) is 0 Å². The van der Waals surface area contributed by atoms with Gasteiger partial charge < -0.3 is 5.32 Å². The maximum absolute atomic E-state index is 11.5. The van der Waals surface area contributed by atoms with E-state index >= 15 is 0 Å². The standard InChI is InChI=1S/C11H11N7O3/c19-8(16-14-5-7-1-3-12-4-2-7)6-13-9-10(20)15-11(21)18-17-9/h1-5H,6H2,(H,13,17)(H,16,19)(H2,15,18,20,21)/b14-5-. The predicted octanol–water partition coefficient (Wildman–Crippen LogP) is -1.58. The molecule has 0 fully saturated rings. The Morgan fingerprint density at radius 2 is 2.10 bits per heavy atom. The summed E-state index contributed by atoms with van der Waals surface area (Å²) in [4.78, 5) is 39.3. The largest absolute Gasteiger partial charge is 0.355 e. The molecule has 0 saturated heterocycles. The highest BCUT2D eigenvalue weighted by Crippen LogP contribution is 1.90. The molecule has 108 valence electrons. The quantitative estimate of drug-likeness (QED) is 0.386. The summed E-state index contributed by atoms with van der Waals surface area (Å²) in [7, 11) is 0. The van der Waals surface area contributed by atoms with Gasteiger partial charge in [-0.2, -0.15) is 5.10 Å². The van der Waals surface area contributed by atoms with Gasteiger partial charge in [0.15, 0.2) is 0 Å². The average Bonchev–Trinajstić information content (AvgIpc) is 2.47. The number of aromatic amines is 2. The molecule has 0 saturated carbocycles. The van der Waals surface area contributed by atoms with Crippen molar-refractivity contribution in [2.75, 3.05) is 11.9 Å². The molecule has 0 aliphatic heterocycles. The lowest BCUT2D eigenvalue weighted by molar-refractivity contribution is -0.119. The molecule has 10 heteroatoms. The Hall–Kier alpha value is -3.30. The SMILES string of the molecule is O=C(CNc1n[nH]c(=O)[nH]c1=O)N/N=C\c1ccncc1. The van der Waals surface area contributed by atoms with Crippen molar-refractivity contribution < 1.29 is 4.79 Å². The summed E-state index contributed by atoms with van der Waals surface area (Å²) in [5, 5.41) is 11.7. The first-order valence-electron chi connectivity index (χ1n) is 5.80. The Bertz CT molecular complexity index is 750. The summed E-state index contributed by atoms with van der Waals surface area (Å²) in [5.74, 6) is -0.643. The van der Waals surface area contributed by atoms with Gasteiger partial charge in [0, 0.05) is 12.4 Å². The first kappa shape index (κ1) is 14.1. The van der Waals surface area contributed by atoms with E-state index in [0.717, 1.165) is 5.56 Å². The highest BCUT2D eigenvalue weighted by Gasteiger charge is 2.04. The molecule has 4 N–H and O–H groups in total. The summed E-state index contributed by atoms with van der Waals surface area (Å²) in [5.41, 5.74) is 1.60. The van der Waals surface area contributed by atoms with E-state index in [4.69, 9.17) is 0 Å². The molecule has 0 aliphatic carbocycles. The van der Waals surface area contributed by atoms with Gasteiger partial charge >= 0.3 is 5.69 Å². The van der Waals surface area contributed by atoms with Gasteiger partial charge in [-0.1, -0.05) is 0 Å². The van der Waals surface area contributed by atoms with Crippen LogP contribution in [-0.2, 0) is 4.79 Å². The van der Waals surface area contributed by atoms with E-state index in [1.54, 1.807) is 24.5 Å². The third kappa shape index (κ3) is 4.38. The van der Waals surface area contributed by atoms with E-state index in [1.165, 1.54) is 6.21 Å². The smallest absolute Gasteiger partial charge is 0.342 e. The van der Waals surface area contributed by atoms with Crippen LogP contribution in [0.4, 0.5) is 5.82 Å². The molecule has 0 aromatic carbocycles. The molecule has 0 unspecified atom stereocenters. The summed E-state index contributed by atoms with van der Waals surface area (Å²) in [6.07, 6.45) is 4.64. The molecule has 2 rings (SSSR count). The fourth-order valence-corrected chi connectivity index (χ4v) is 1.30. The molecule has 10 nitrogen and oxygen atoms in total. The zero-order valence-corrected chi connectivity index (χ0v) is 10.7. The Morgan fingerprint density at radius 1 is 1.33 bits per heavy atom. The van der Waals surface area contributed by atoms with Crippen LogP contribution in [0.2, 0.25) is 0 Å². The van der Waals surface area contributed by atoms with Crippen LogP contribution in [0.25, 0.3) is 0 Å². The number of carbonyl (C=O) groups is 1. The van der Waals surface area contributed by atoms with Gasteiger partial charge in [0.25, 0.3) is 11.5 Å². The minimum atomic E-state index is -0.725. The second-order valence-corrected chi connectivity index (χ2v) is 3.78. The van der Waals surface area contributed by atoms with Crippen molar-refractivity contribution >= 4 is 17.9 Å². The third-order valence-corrected chi connectivity index (χ3v) is 2.24. The van der Waals surface area contributed by atoms with Crippen LogP contribution in [0.3, 0.4) is 0 Å². The van der Waals surface area contributed by atoms with E-state index in [0.29, 0.717) is 0 Å². The molecule has 21 heavy (non-hydrogen) atoms. The maximum atomic E-state index is 11.5. The number of nitrogens with one attached hydrogen (secondary N) is 4. The Balaban J connectivity index is 1.84. The second-order valence-electron chi connectivity index (χ2n) is 3.78. The molecule has 2 aromatic heterocycles. The van der Waals surface area contributed by atoms with Crippen LogP contribution in [0, 0.1) is 0 Å². The van der Waals surface area contributed by atoms with Gasteiger partial charge in [-0.15, -0.1) is 5.10 Å². The monoisotopic (exact) mass is 289 g/mol. The van der Waals surface area contributed by atoms with Crippen LogP contribution in [-0.4, -0.2) is 38.8 Å². The maximum Gasteiger partial charge on any atom is 0.342 e. The fourth-order valence-electron chi connectivity index (χ4n) is 1.30. The highest BCUT2D eigenvalue weighted by molar-refractivity contribution is 5.83. The third-order valence-electron chi connectivity index (χ3n) is 2.24. The summed E-state index contributed by atoms with van der Waals surface area (Å²) in [6.45, 7) is -0.226. The fraction of sp³-hybridized carbons (Fsp3) is 0.0909. The van der Waals surface area contributed by atoms with Crippen molar-refractivity contribution in [3.05, 3.63) is 50.9 Å². The van der Waals surface area contributed by atoms with Crippen LogP contribution in [0.1, 0.15) is 5.56 Å². The molecule has 1 amide bonds. The van der Waals surface area contributed by atoms with Gasteiger partial charge in [0.2, 0.25) is 5.82 Å². The van der Waals surface area contributed by atoms with Crippen molar-refractivity contribution in [3.63, 3.8) is 0 Å². The summed E-state index contributed by atoms with van der Waals surface area (Å²) in [6, 6.07) is 3.44. The second kappa shape index (κ2) is 6.75. The number of amides is 1. The number of nitrogens with zero attached hydrogens (tertiary/aromatic N) is 3. The van der Waals surface area contributed by atoms with E-state index in [2.05, 4.69) is 25.9 Å². The normalized spacial score (nSPS) is 10.5. The lowest BCUT2D eigenvalue weighted by Gasteiger charge is -2.02. The highest BCUT2D eigenvalue weighted by atomic mass is 16.2. The molecule has 2 heterocycles. The molecular formula is C11H11N7O3. The molecule has 0 bridgehead atoms. The molecule has 0 radical (unpaired) electrons. The van der Waals surface area contributed by atoms with Crippen LogP contribution in [0.5, 0.6) is 0 Å². The van der Waals surface area contributed by atoms with E-state index < -0.39 is 17.2 Å². The lowest BCUT2D eigenvalue weighted by atomic mass is 10.3. The number of hydrogen-bond donors (Lipinski definition) is 4. The molecule has 0 atom stereocenters. The first-order chi connectivity index (χ1) is 10.1. The Kier molecular flexibility index (Phi) is 4.54. The van der Waals surface area contributed by atoms with Gasteiger partial charge in [0.1, 0.15) is 0 Å². The number of aromatic nitrogens is 4. The van der Waals surface area contributed by atoms with Crippen molar-refractivity contribution in [3.8, 4) is 0 Å². The molecule has 0 aliphatic rings. The minimum Gasteiger partial charge on any atom is -0.355 e. The van der Waals surface area contributed by atoms with E-state index in [1.807, 2.05) is 10.1 Å². The van der Waals surface area contributed by atoms with Crippen molar-refractivity contribution in [1.29, 1.82) is 0 Å². The molecule has 2 aromatic rings. The number of anilines is 1. The Labute approximate surface area is 117 Å². The first-order valence-corrected chi connectivity index (χ1v) is 5.80. The van der Waals surface area contributed by atoms with Crippen LogP contribution in [0.15, 0.2) is 39.2 Å². The van der Waals surface area contributed by atoms with Gasteiger partial charge in [0.05, 0.1) is 12.8 Å². The van der Waals surface area contributed by atoms with Crippen LogP contribution < -0.4 is 22.0 Å².